The summed E-state index contributed by atoms with van der Waals surface area (Å²) in [5.41, 5.74) is 0.873. The molecule has 6 heteroatoms. The van der Waals surface area contributed by atoms with Crippen LogP contribution in [0.3, 0.4) is 0 Å². The smallest absolute Gasteiger partial charge is 0.407 e. The monoisotopic (exact) mass is 372 g/mol. The van der Waals surface area contributed by atoms with Gasteiger partial charge in [0.1, 0.15) is 5.60 Å². The van der Waals surface area contributed by atoms with Crippen molar-refractivity contribution in [2.45, 2.75) is 77.5 Å². The summed E-state index contributed by atoms with van der Waals surface area (Å²) in [6.45, 7) is 8.36. The molecule has 1 aromatic heterocycles. The van der Waals surface area contributed by atoms with Gasteiger partial charge in [0.2, 0.25) is 0 Å². The van der Waals surface area contributed by atoms with Gasteiger partial charge < -0.3 is 15.4 Å². The zero-order valence-electron chi connectivity index (χ0n) is 15.1. The van der Waals surface area contributed by atoms with Crippen molar-refractivity contribution < 1.29 is 9.53 Å². The van der Waals surface area contributed by atoms with Crippen molar-refractivity contribution in [2.75, 3.05) is 6.54 Å². The molecule has 0 saturated heterocycles. The van der Waals surface area contributed by atoms with Crippen LogP contribution in [0.5, 0.6) is 0 Å². The lowest BCUT2D eigenvalue weighted by molar-refractivity contribution is 0.0520. The normalized spacial score (nSPS) is 18.8. The van der Waals surface area contributed by atoms with Crippen LogP contribution in [0, 0.1) is 0 Å². The molecular formula is C18H29ClN2O2S. The molecule has 4 nitrogen and oxygen atoms in total. The third-order valence-corrected chi connectivity index (χ3v) is 5.39. The maximum absolute atomic E-state index is 11.9. The quantitative estimate of drug-likeness (QED) is 0.733. The fourth-order valence-electron chi connectivity index (χ4n) is 3.09. The van der Waals surface area contributed by atoms with Gasteiger partial charge >= 0.3 is 6.09 Å². The lowest BCUT2D eigenvalue weighted by Crippen LogP contribution is -2.44. The Balaban J connectivity index is 1.93. The van der Waals surface area contributed by atoms with Gasteiger partial charge in [0.15, 0.2) is 0 Å². The summed E-state index contributed by atoms with van der Waals surface area (Å²) < 4.78 is 6.19. The highest BCUT2D eigenvalue weighted by atomic mass is 35.5. The van der Waals surface area contributed by atoms with Gasteiger partial charge in [-0.25, -0.2) is 4.79 Å². The Hall–Kier alpha value is -0.780. The number of hydrogen-bond donors (Lipinski definition) is 2. The van der Waals surface area contributed by atoms with E-state index in [1.807, 2.05) is 20.8 Å². The molecule has 1 aliphatic carbocycles. The second-order valence-electron chi connectivity index (χ2n) is 7.41. The van der Waals surface area contributed by atoms with Crippen molar-refractivity contribution in [3.05, 3.63) is 20.8 Å². The third kappa shape index (κ3) is 5.94. The average molecular weight is 373 g/mol. The Morgan fingerprint density at radius 2 is 2.25 bits per heavy atom. The lowest BCUT2D eigenvalue weighted by Gasteiger charge is -2.29. The van der Waals surface area contributed by atoms with Crippen LogP contribution in [0.4, 0.5) is 4.79 Å². The number of carbonyl (C=O) groups excluding carboxylic acids is 1. The molecule has 136 valence electrons. The van der Waals surface area contributed by atoms with E-state index in [1.54, 1.807) is 11.3 Å². The van der Waals surface area contributed by atoms with Gasteiger partial charge in [-0.1, -0.05) is 24.9 Å². The molecule has 0 radical (unpaired) electrons. The standard InChI is InChI=1S/C18H29ClN2O2S/c1-5-7-12(11-20-17(22)23-18(2,3)4)21-14-8-6-9-15-13(14)10-16(19)24-15/h10,12,14,21H,5-9,11H2,1-4H3,(H,20,22). The number of rotatable bonds is 6. The minimum atomic E-state index is -0.469. The SMILES string of the molecule is CCCC(CNC(=O)OC(C)(C)C)NC1CCCc2sc(Cl)cc21. The lowest BCUT2D eigenvalue weighted by atomic mass is 9.93. The Labute approximate surface area is 154 Å². The maximum Gasteiger partial charge on any atom is 0.407 e. The predicted molar refractivity (Wildman–Crippen MR) is 101 cm³/mol. The molecule has 1 amide bonds. The van der Waals surface area contributed by atoms with Crippen molar-refractivity contribution in [3.8, 4) is 0 Å². The van der Waals surface area contributed by atoms with Gasteiger partial charge in [0.25, 0.3) is 0 Å². The van der Waals surface area contributed by atoms with Crippen molar-refractivity contribution in [1.29, 1.82) is 0 Å². The molecule has 1 aliphatic rings. The highest BCUT2D eigenvalue weighted by Crippen LogP contribution is 2.38. The first-order valence-electron chi connectivity index (χ1n) is 8.79. The summed E-state index contributed by atoms with van der Waals surface area (Å²) in [6.07, 6.45) is 5.15. The predicted octanol–water partition coefficient (Wildman–Crippen LogP) is 5.06. The van der Waals surface area contributed by atoms with E-state index in [-0.39, 0.29) is 12.1 Å². The molecule has 0 aliphatic heterocycles. The number of fused-ring (bicyclic) bond motifs is 1. The minimum Gasteiger partial charge on any atom is -0.444 e. The van der Waals surface area contributed by atoms with Crippen LogP contribution in [-0.2, 0) is 11.2 Å². The number of halogens is 1. The number of ether oxygens (including phenoxy) is 1. The highest BCUT2D eigenvalue weighted by Gasteiger charge is 2.25. The first-order valence-corrected chi connectivity index (χ1v) is 9.99. The van der Waals surface area contributed by atoms with Gasteiger partial charge in [0, 0.05) is 23.5 Å². The molecule has 2 rings (SSSR count). The molecule has 2 N–H and O–H groups in total. The van der Waals surface area contributed by atoms with Gasteiger partial charge in [-0.15, -0.1) is 11.3 Å². The Morgan fingerprint density at radius 1 is 1.50 bits per heavy atom. The van der Waals surface area contributed by atoms with E-state index in [4.69, 9.17) is 16.3 Å². The average Bonchev–Trinajstić information content (AvgIpc) is 2.84. The molecule has 1 aromatic rings. The first-order chi connectivity index (χ1) is 11.3. The summed E-state index contributed by atoms with van der Waals surface area (Å²) in [4.78, 5) is 13.3. The van der Waals surface area contributed by atoms with Crippen molar-refractivity contribution in [2.24, 2.45) is 0 Å². The summed E-state index contributed by atoms with van der Waals surface area (Å²) in [6, 6.07) is 2.66. The number of carbonyl (C=O) groups is 1. The topological polar surface area (TPSA) is 50.4 Å². The number of amides is 1. The fraction of sp³-hybridized carbons (Fsp3) is 0.722. The van der Waals surface area contributed by atoms with Crippen LogP contribution in [0.1, 0.15) is 69.9 Å². The molecule has 0 fully saturated rings. The molecule has 24 heavy (non-hydrogen) atoms. The van der Waals surface area contributed by atoms with Crippen LogP contribution in [0.15, 0.2) is 6.07 Å². The van der Waals surface area contributed by atoms with Gasteiger partial charge in [-0.3, -0.25) is 0 Å². The second-order valence-corrected chi connectivity index (χ2v) is 9.18. The number of hydrogen-bond acceptors (Lipinski definition) is 4. The van der Waals surface area contributed by atoms with E-state index in [1.165, 1.54) is 16.9 Å². The first kappa shape index (κ1) is 19.5. The molecule has 2 atom stereocenters. The van der Waals surface area contributed by atoms with E-state index in [0.717, 1.165) is 30.0 Å². The Kier molecular flexibility index (Phi) is 6.96. The van der Waals surface area contributed by atoms with Gasteiger partial charge in [0.05, 0.1) is 4.34 Å². The van der Waals surface area contributed by atoms with Crippen molar-refractivity contribution >= 4 is 29.0 Å². The summed E-state index contributed by atoms with van der Waals surface area (Å²) in [5, 5.41) is 6.62. The van der Waals surface area contributed by atoms with E-state index >= 15 is 0 Å². The number of nitrogens with one attached hydrogen (secondary N) is 2. The highest BCUT2D eigenvalue weighted by molar-refractivity contribution is 7.16. The molecule has 0 spiro atoms. The summed E-state index contributed by atoms with van der Waals surface area (Å²) in [7, 11) is 0. The zero-order chi connectivity index (χ0) is 17.7. The van der Waals surface area contributed by atoms with Crippen LogP contribution in [-0.4, -0.2) is 24.3 Å². The van der Waals surface area contributed by atoms with E-state index in [9.17, 15) is 4.79 Å². The van der Waals surface area contributed by atoms with E-state index in [2.05, 4.69) is 23.6 Å². The van der Waals surface area contributed by atoms with E-state index < -0.39 is 5.60 Å². The zero-order valence-corrected chi connectivity index (χ0v) is 16.6. The van der Waals surface area contributed by atoms with Gasteiger partial charge in [-0.05, 0) is 58.1 Å². The van der Waals surface area contributed by atoms with Crippen LogP contribution in [0.2, 0.25) is 4.34 Å². The summed E-state index contributed by atoms with van der Waals surface area (Å²) >= 11 is 7.89. The Morgan fingerprint density at radius 3 is 2.92 bits per heavy atom. The Bertz CT molecular complexity index is 554. The molecule has 1 heterocycles. The third-order valence-electron chi connectivity index (χ3n) is 4.05. The fourth-order valence-corrected chi connectivity index (χ4v) is 4.48. The minimum absolute atomic E-state index is 0.233. The second kappa shape index (κ2) is 8.54. The molecule has 0 bridgehead atoms. The number of aryl methyl sites for hydroxylation is 1. The molecular weight excluding hydrogens is 344 g/mol. The summed E-state index contributed by atoms with van der Waals surface area (Å²) in [5.74, 6) is 0. The number of thiophene rings is 1. The van der Waals surface area contributed by atoms with Crippen molar-refractivity contribution in [1.82, 2.24) is 10.6 Å². The van der Waals surface area contributed by atoms with Crippen LogP contribution >= 0.6 is 22.9 Å². The van der Waals surface area contributed by atoms with Gasteiger partial charge in [-0.2, -0.15) is 0 Å². The van der Waals surface area contributed by atoms with Crippen LogP contribution in [0.25, 0.3) is 0 Å². The van der Waals surface area contributed by atoms with Crippen LogP contribution < -0.4 is 10.6 Å². The van der Waals surface area contributed by atoms with Crippen molar-refractivity contribution in [3.63, 3.8) is 0 Å². The van der Waals surface area contributed by atoms with E-state index in [0.29, 0.717) is 12.6 Å². The number of alkyl carbamates (subject to hydrolysis) is 1. The maximum atomic E-state index is 11.9. The largest absolute Gasteiger partial charge is 0.444 e. The molecule has 0 aromatic carbocycles. The molecule has 2 unspecified atom stereocenters. The molecule has 0 saturated carbocycles.